The number of carbonyl (C=O) groups excluding carboxylic acids is 2. The molecule has 0 heterocycles. The molecular formula is C26H33BrFN3O4S. The molecule has 1 fully saturated rings. The minimum atomic E-state index is -3.82. The monoisotopic (exact) mass is 581 g/mol. The van der Waals surface area contributed by atoms with Crippen LogP contribution in [0.2, 0.25) is 0 Å². The van der Waals surface area contributed by atoms with E-state index in [0.717, 1.165) is 42.7 Å². The minimum absolute atomic E-state index is 0.0449. The number of nitrogens with one attached hydrogen (secondary N) is 1. The lowest BCUT2D eigenvalue weighted by atomic mass is 9.95. The molecule has 1 N–H and O–H groups in total. The van der Waals surface area contributed by atoms with Crippen LogP contribution in [-0.4, -0.2) is 50.0 Å². The Morgan fingerprint density at radius 3 is 2.31 bits per heavy atom. The SMILES string of the molecule is CC[C@H](C(=O)NC1CCCCC1)N(Cc1ccc(F)cc1)C(=O)CN(c1ccccc1Br)S(C)(=O)=O. The highest BCUT2D eigenvalue weighted by atomic mass is 79.9. The molecule has 1 aliphatic rings. The highest BCUT2D eigenvalue weighted by Gasteiger charge is 2.33. The second kappa shape index (κ2) is 12.7. The quantitative estimate of drug-likeness (QED) is 0.444. The van der Waals surface area contributed by atoms with E-state index in [9.17, 15) is 22.4 Å². The van der Waals surface area contributed by atoms with Crippen molar-refractivity contribution in [1.29, 1.82) is 0 Å². The van der Waals surface area contributed by atoms with Crippen LogP contribution in [0.25, 0.3) is 0 Å². The molecule has 0 aliphatic heterocycles. The summed E-state index contributed by atoms with van der Waals surface area (Å²) >= 11 is 3.37. The number of halogens is 2. The summed E-state index contributed by atoms with van der Waals surface area (Å²) in [5.74, 6) is -1.19. The molecule has 36 heavy (non-hydrogen) atoms. The normalized spacial score (nSPS) is 15.2. The molecule has 0 radical (unpaired) electrons. The van der Waals surface area contributed by atoms with E-state index in [1.807, 2.05) is 6.92 Å². The van der Waals surface area contributed by atoms with Crippen molar-refractivity contribution in [3.05, 3.63) is 64.4 Å². The van der Waals surface area contributed by atoms with Crippen molar-refractivity contribution in [2.24, 2.45) is 0 Å². The number of amides is 2. The zero-order valence-electron chi connectivity index (χ0n) is 20.6. The molecule has 1 atom stereocenters. The smallest absolute Gasteiger partial charge is 0.244 e. The maximum atomic E-state index is 13.7. The van der Waals surface area contributed by atoms with Crippen molar-refractivity contribution in [2.75, 3.05) is 17.1 Å². The predicted molar refractivity (Wildman–Crippen MR) is 142 cm³/mol. The van der Waals surface area contributed by atoms with E-state index in [4.69, 9.17) is 0 Å². The first kappa shape index (κ1) is 28.1. The highest BCUT2D eigenvalue weighted by Crippen LogP contribution is 2.28. The van der Waals surface area contributed by atoms with Crippen LogP contribution in [0.1, 0.15) is 51.0 Å². The Bertz CT molecular complexity index is 1150. The van der Waals surface area contributed by atoms with Gasteiger partial charge in [-0.05, 0) is 65.0 Å². The van der Waals surface area contributed by atoms with E-state index < -0.39 is 34.3 Å². The largest absolute Gasteiger partial charge is 0.352 e. The van der Waals surface area contributed by atoms with E-state index in [1.54, 1.807) is 36.4 Å². The van der Waals surface area contributed by atoms with Gasteiger partial charge >= 0.3 is 0 Å². The lowest BCUT2D eigenvalue weighted by Crippen LogP contribution is -2.54. The van der Waals surface area contributed by atoms with Crippen LogP contribution in [0.15, 0.2) is 53.0 Å². The van der Waals surface area contributed by atoms with Gasteiger partial charge in [-0.25, -0.2) is 12.8 Å². The van der Waals surface area contributed by atoms with Gasteiger partial charge in [0.05, 0.1) is 11.9 Å². The molecule has 3 rings (SSSR count). The van der Waals surface area contributed by atoms with Crippen LogP contribution >= 0.6 is 15.9 Å². The van der Waals surface area contributed by atoms with E-state index in [2.05, 4.69) is 21.2 Å². The zero-order valence-corrected chi connectivity index (χ0v) is 23.0. The summed E-state index contributed by atoms with van der Waals surface area (Å²) in [4.78, 5) is 28.4. The first-order valence-corrected chi connectivity index (χ1v) is 14.8. The third-order valence-corrected chi connectivity index (χ3v) is 8.20. The Kier molecular flexibility index (Phi) is 9.90. The predicted octanol–water partition coefficient (Wildman–Crippen LogP) is 4.61. The van der Waals surface area contributed by atoms with Gasteiger partial charge in [0.15, 0.2) is 0 Å². The lowest BCUT2D eigenvalue weighted by Gasteiger charge is -2.34. The molecule has 2 aromatic carbocycles. The average molecular weight is 583 g/mol. The van der Waals surface area contributed by atoms with E-state index in [1.165, 1.54) is 17.0 Å². The van der Waals surface area contributed by atoms with Crippen LogP contribution in [-0.2, 0) is 26.2 Å². The highest BCUT2D eigenvalue weighted by molar-refractivity contribution is 9.10. The van der Waals surface area contributed by atoms with Gasteiger partial charge in [0.25, 0.3) is 0 Å². The zero-order chi connectivity index (χ0) is 26.3. The number of hydrogen-bond acceptors (Lipinski definition) is 4. The second-order valence-electron chi connectivity index (χ2n) is 9.14. The number of rotatable bonds is 10. The molecule has 2 amide bonds. The van der Waals surface area contributed by atoms with Gasteiger partial charge in [-0.3, -0.25) is 13.9 Å². The van der Waals surface area contributed by atoms with Crippen molar-refractivity contribution in [2.45, 2.75) is 64.1 Å². The summed E-state index contributed by atoms with van der Waals surface area (Å²) in [7, 11) is -3.82. The topological polar surface area (TPSA) is 86.8 Å². The minimum Gasteiger partial charge on any atom is -0.352 e. The van der Waals surface area contributed by atoms with Gasteiger partial charge in [-0.15, -0.1) is 0 Å². The molecule has 0 aromatic heterocycles. The van der Waals surface area contributed by atoms with Gasteiger partial charge in [0.1, 0.15) is 18.4 Å². The molecule has 1 saturated carbocycles. The van der Waals surface area contributed by atoms with E-state index >= 15 is 0 Å². The number of para-hydroxylation sites is 1. The van der Waals surface area contributed by atoms with Crippen LogP contribution in [0.5, 0.6) is 0 Å². The van der Waals surface area contributed by atoms with Gasteiger partial charge in [0, 0.05) is 17.1 Å². The van der Waals surface area contributed by atoms with E-state index in [0.29, 0.717) is 22.1 Å². The molecule has 0 bridgehead atoms. The third-order valence-electron chi connectivity index (χ3n) is 6.40. The number of carbonyl (C=O) groups is 2. The Labute approximate surface area is 221 Å². The third kappa shape index (κ3) is 7.52. The van der Waals surface area contributed by atoms with Crippen LogP contribution in [0.4, 0.5) is 10.1 Å². The fraction of sp³-hybridized carbons (Fsp3) is 0.462. The van der Waals surface area contributed by atoms with Crippen molar-refractivity contribution < 1.29 is 22.4 Å². The number of benzene rings is 2. The number of nitrogens with zero attached hydrogens (tertiary/aromatic N) is 2. The molecule has 0 saturated heterocycles. The standard InChI is InChI=1S/C26H33BrFN3O4S/c1-3-23(26(33)29-21-9-5-4-6-10-21)30(17-19-13-15-20(28)16-14-19)25(32)18-31(36(2,34)35)24-12-8-7-11-22(24)27/h7-8,11-16,21,23H,3-6,9-10,17-18H2,1-2H3,(H,29,33)/t23-/m1/s1. The summed E-state index contributed by atoms with van der Waals surface area (Å²) in [6.45, 7) is 1.39. The summed E-state index contributed by atoms with van der Waals surface area (Å²) in [6, 6.07) is 11.7. The molecule has 0 spiro atoms. The maximum Gasteiger partial charge on any atom is 0.244 e. The number of anilines is 1. The van der Waals surface area contributed by atoms with Crippen LogP contribution < -0.4 is 9.62 Å². The maximum absolute atomic E-state index is 13.7. The van der Waals surface area contributed by atoms with Gasteiger partial charge in [-0.1, -0.05) is 50.5 Å². The van der Waals surface area contributed by atoms with Crippen LogP contribution in [0.3, 0.4) is 0 Å². The summed E-state index contributed by atoms with van der Waals surface area (Å²) in [5, 5.41) is 3.09. The molecular weight excluding hydrogens is 549 g/mol. The molecule has 10 heteroatoms. The fourth-order valence-corrected chi connectivity index (χ4v) is 5.98. The molecule has 1 aliphatic carbocycles. The first-order valence-electron chi connectivity index (χ1n) is 12.2. The summed E-state index contributed by atoms with van der Waals surface area (Å²) in [5.41, 5.74) is 0.968. The fourth-order valence-electron chi connectivity index (χ4n) is 4.50. The Morgan fingerprint density at radius 1 is 1.08 bits per heavy atom. The van der Waals surface area contributed by atoms with Crippen LogP contribution in [0, 0.1) is 5.82 Å². The number of sulfonamides is 1. The number of hydrogen-bond donors (Lipinski definition) is 1. The first-order chi connectivity index (χ1) is 17.1. The van der Waals surface area contributed by atoms with Crippen molar-refractivity contribution >= 4 is 43.5 Å². The molecule has 7 nitrogen and oxygen atoms in total. The van der Waals surface area contributed by atoms with Gasteiger partial charge in [-0.2, -0.15) is 0 Å². The van der Waals surface area contributed by atoms with Crippen molar-refractivity contribution in [1.82, 2.24) is 10.2 Å². The Balaban J connectivity index is 1.91. The summed E-state index contributed by atoms with van der Waals surface area (Å²) in [6.07, 6.45) is 6.44. The molecule has 0 unspecified atom stereocenters. The van der Waals surface area contributed by atoms with Crippen molar-refractivity contribution in [3.8, 4) is 0 Å². The van der Waals surface area contributed by atoms with Crippen molar-refractivity contribution in [3.63, 3.8) is 0 Å². The lowest BCUT2D eigenvalue weighted by molar-refractivity contribution is -0.140. The molecule has 196 valence electrons. The second-order valence-corrected chi connectivity index (χ2v) is 11.9. The van der Waals surface area contributed by atoms with E-state index in [-0.39, 0.29) is 18.5 Å². The molecule has 2 aromatic rings. The average Bonchev–Trinajstić information content (AvgIpc) is 2.84. The summed E-state index contributed by atoms with van der Waals surface area (Å²) < 4.78 is 40.4. The Morgan fingerprint density at radius 2 is 1.72 bits per heavy atom. The van der Waals surface area contributed by atoms with Gasteiger partial charge in [0.2, 0.25) is 21.8 Å². The van der Waals surface area contributed by atoms with Gasteiger partial charge < -0.3 is 10.2 Å². The Hall–Kier alpha value is -2.46.